The van der Waals surface area contributed by atoms with Crippen LogP contribution in [0.5, 0.6) is 0 Å². The number of aryl methyl sites for hydroxylation is 1. The molecule has 4 aromatic heterocycles. The van der Waals surface area contributed by atoms with Crippen molar-refractivity contribution in [3.05, 3.63) is 42.1 Å². The van der Waals surface area contributed by atoms with E-state index in [0.29, 0.717) is 55.8 Å². The summed E-state index contributed by atoms with van der Waals surface area (Å²) in [4.78, 5) is 43.2. The lowest BCUT2D eigenvalue weighted by atomic mass is 10.2. The summed E-state index contributed by atoms with van der Waals surface area (Å²) in [5, 5.41) is 12.0. The Labute approximate surface area is 218 Å². The van der Waals surface area contributed by atoms with Crippen LogP contribution in [0.4, 0.5) is 17.6 Å². The van der Waals surface area contributed by atoms with Crippen LogP contribution in [-0.4, -0.2) is 85.5 Å². The summed E-state index contributed by atoms with van der Waals surface area (Å²) in [7, 11) is 3.75. The van der Waals surface area contributed by atoms with Gasteiger partial charge in [-0.25, -0.2) is 35.4 Å². The summed E-state index contributed by atoms with van der Waals surface area (Å²) in [5.41, 5.74) is 3.94. The number of hydrogen-bond acceptors (Lipinski definition) is 12. The van der Waals surface area contributed by atoms with E-state index >= 15 is 0 Å². The Morgan fingerprint density at radius 2 is 1.87 bits per heavy atom. The molecule has 0 unspecified atom stereocenters. The molecule has 14 nitrogen and oxygen atoms in total. The van der Waals surface area contributed by atoms with E-state index in [-0.39, 0.29) is 5.56 Å². The van der Waals surface area contributed by atoms with Crippen molar-refractivity contribution in [2.75, 3.05) is 55.0 Å². The van der Waals surface area contributed by atoms with Gasteiger partial charge in [-0.15, -0.1) is 0 Å². The average Bonchev–Trinajstić information content (AvgIpc) is 3.27. The molecule has 5 heterocycles. The molecule has 0 bridgehead atoms. The molecule has 0 aromatic carbocycles. The maximum Gasteiger partial charge on any atom is 0.277 e. The lowest BCUT2D eigenvalue weighted by Crippen LogP contribution is -2.37. The van der Waals surface area contributed by atoms with Crippen molar-refractivity contribution in [1.29, 1.82) is 0 Å². The van der Waals surface area contributed by atoms with Crippen molar-refractivity contribution in [2.24, 2.45) is 7.05 Å². The van der Waals surface area contributed by atoms with Crippen molar-refractivity contribution in [3.8, 4) is 11.4 Å². The second-order valence-corrected chi connectivity index (χ2v) is 8.76. The molecule has 1 aliphatic heterocycles. The summed E-state index contributed by atoms with van der Waals surface area (Å²) in [6.45, 7) is 5.83. The lowest BCUT2D eigenvalue weighted by Gasteiger charge is -2.28. The van der Waals surface area contributed by atoms with Gasteiger partial charge in [-0.05, 0) is 19.1 Å². The van der Waals surface area contributed by atoms with Gasteiger partial charge in [-0.3, -0.25) is 10.0 Å². The summed E-state index contributed by atoms with van der Waals surface area (Å²) < 4.78 is 7.50. The Bertz CT molecular complexity index is 1420. The molecule has 4 aromatic rings. The second-order valence-electron chi connectivity index (χ2n) is 8.76. The zero-order valence-electron chi connectivity index (χ0n) is 21.4. The Morgan fingerprint density at radius 1 is 1.11 bits per heavy atom. The second kappa shape index (κ2) is 10.9. The highest BCUT2D eigenvalue weighted by Crippen LogP contribution is 2.29. The largest absolute Gasteiger partial charge is 0.378 e. The van der Waals surface area contributed by atoms with Crippen LogP contribution in [0.25, 0.3) is 22.6 Å². The first kappa shape index (κ1) is 25.2. The van der Waals surface area contributed by atoms with E-state index in [0.717, 1.165) is 29.6 Å². The Morgan fingerprint density at radius 3 is 2.53 bits per heavy atom. The first-order valence-corrected chi connectivity index (χ1v) is 12.2. The van der Waals surface area contributed by atoms with Gasteiger partial charge in [0.2, 0.25) is 5.95 Å². The van der Waals surface area contributed by atoms with Crippen molar-refractivity contribution in [1.82, 2.24) is 40.0 Å². The summed E-state index contributed by atoms with van der Waals surface area (Å²) in [6.07, 6.45) is 4.47. The Balaban J connectivity index is 1.51. The van der Waals surface area contributed by atoms with Crippen molar-refractivity contribution < 1.29 is 14.7 Å². The summed E-state index contributed by atoms with van der Waals surface area (Å²) >= 11 is 0. The number of carbonyl (C=O) groups excluding carboxylic acids is 1. The third-order valence-electron chi connectivity index (χ3n) is 6.21. The minimum Gasteiger partial charge on any atom is -0.378 e. The van der Waals surface area contributed by atoms with Gasteiger partial charge in [0.1, 0.15) is 11.6 Å². The number of nitrogens with zero attached hydrogens (tertiary/aromatic N) is 9. The maximum atomic E-state index is 11.6. The van der Waals surface area contributed by atoms with Gasteiger partial charge in [-0.1, -0.05) is 0 Å². The van der Waals surface area contributed by atoms with E-state index in [4.69, 9.17) is 24.9 Å². The molecule has 1 aliphatic rings. The summed E-state index contributed by atoms with van der Waals surface area (Å²) in [5.74, 6) is 2.58. The molecule has 3 N–H and O–H groups in total. The molecule has 1 fully saturated rings. The van der Waals surface area contributed by atoms with Gasteiger partial charge >= 0.3 is 0 Å². The van der Waals surface area contributed by atoms with Gasteiger partial charge in [0, 0.05) is 57.9 Å². The molecule has 5 rings (SSSR count). The van der Waals surface area contributed by atoms with E-state index < -0.39 is 5.91 Å². The third kappa shape index (κ3) is 5.03. The van der Waals surface area contributed by atoms with Crippen LogP contribution in [0, 0.1) is 0 Å². The van der Waals surface area contributed by atoms with E-state index in [2.05, 4.69) is 25.2 Å². The highest BCUT2D eigenvalue weighted by molar-refractivity contribution is 5.92. The first-order chi connectivity index (χ1) is 18.5. The summed E-state index contributed by atoms with van der Waals surface area (Å²) in [6, 6.07) is 3.87. The van der Waals surface area contributed by atoms with Crippen molar-refractivity contribution >= 4 is 34.7 Å². The molecule has 0 atom stereocenters. The highest BCUT2D eigenvalue weighted by atomic mass is 16.5. The van der Waals surface area contributed by atoms with Crippen LogP contribution in [0.15, 0.2) is 30.7 Å². The number of nitrogens with one attached hydrogen (secondary N) is 2. The standard InChI is InChI=1S/C24H29N11O3/c1-4-25-17-6-5-15(11-26-17)20-30-21-19(22(31-20)35-7-9-38-10-8-35)29-18(34(21)3)14-33(2)24-27-12-16(13-28-24)23(36)32-37/h5-6,11-13,37H,4,7-10,14H2,1-3H3,(H,25,26)(H,32,36). The van der Waals surface area contributed by atoms with Crippen LogP contribution in [0.1, 0.15) is 23.1 Å². The molecule has 14 heteroatoms. The molecule has 1 saturated heterocycles. The van der Waals surface area contributed by atoms with Crippen molar-refractivity contribution in [3.63, 3.8) is 0 Å². The van der Waals surface area contributed by atoms with Crippen LogP contribution in [-0.2, 0) is 18.3 Å². The zero-order valence-corrected chi connectivity index (χ0v) is 21.4. The third-order valence-corrected chi connectivity index (χ3v) is 6.21. The topological polar surface area (TPSA) is 159 Å². The number of morpholine rings is 1. The number of fused-ring (bicyclic) bond motifs is 1. The van der Waals surface area contributed by atoms with Crippen LogP contribution >= 0.6 is 0 Å². The molecule has 0 aliphatic carbocycles. The molecular formula is C24H29N11O3. The predicted molar refractivity (Wildman–Crippen MR) is 140 cm³/mol. The molecule has 38 heavy (non-hydrogen) atoms. The van der Waals surface area contributed by atoms with Crippen LogP contribution < -0.4 is 20.6 Å². The molecule has 1 amide bonds. The first-order valence-electron chi connectivity index (χ1n) is 12.2. The van der Waals surface area contributed by atoms with Gasteiger partial charge < -0.3 is 24.4 Å². The number of aromatic nitrogens is 7. The van der Waals surface area contributed by atoms with E-state index in [1.165, 1.54) is 12.4 Å². The molecular weight excluding hydrogens is 490 g/mol. The van der Waals surface area contributed by atoms with E-state index in [9.17, 15) is 4.79 Å². The van der Waals surface area contributed by atoms with Crippen LogP contribution in [0.3, 0.4) is 0 Å². The fraction of sp³-hybridized carbons (Fsp3) is 0.375. The zero-order chi connectivity index (χ0) is 26.6. The number of pyridine rings is 1. The maximum absolute atomic E-state index is 11.6. The van der Waals surface area contributed by atoms with E-state index in [1.54, 1.807) is 11.7 Å². The number of rotatable bonds is 8. The smallest absolute Gasteiger partial charge is 0.277 e. The number of imidazole rings is 1. The number of hydroxylamine groups is 1. The number of hydrogen-bond donors (Lipinski definition) is 3. The average molecular weight is 520 g/mol. The SMILES string of the molecule is CCNc1ccc(-c2nc(N3CCOCC3)c3nc(CN(C)c4ncc(C(=O)NO)cn4)n(C)c3n2)cn1. The number of anilines is 3. The van der Waals surface area contributed by atoms with Gasteiger partial charge in [-0.2, -0.15) is 0 Å². The minimum atomic E-state index is -0.675. The van der Waals surface area contributed by atoms with Gasteiger partial charge in [0.15, 0.2) is 22.8 Å². The van der Waals surface area contributed by atoms with Gasteiger partial charge in [0.05, 0.1) is 25.3 Å². The fourth-order valence-corrected chi connectivity index (χ4v) is 4.15. The van der Waals surface area contributed by atoms with Gasteiger partial charge in [0.25, 0.3) is 5.91 Å². The monoisotopic (exact) mass is 519 g/mol. The molecule has 0 spiro atoms. The number of ether oxygens (including phenoxy) is 1. The van der Waals surface area contributed by atoms with Crippen LogP contribution in [0.2, 0.25) is 0 Å². The minimum absolute atomic E-state index is 0.151. The Hall–Kier alpha value is -4.43. The number of amides is 1. The fourth-order valence-electron chi connectivity index (χ4n) is 4.15. The normalized spacial score (nSPS) is 13.5. The lowest BCUT2D eigenvalue weighted by molar-refractivity contribution is 0.0705. The quantitative estimate of drug-likeness (QED) is 0.226. The number of carbonyl (C=O) groups is 1. The predicted octanol–water partition coefficient (Wildman–Crippen LogP) is 1.24. The molecule has 0 radical (unpaired) electrons. The highest BCUT2D eigenvalue weighted by Gasteiger charge is 2.23. The Kier molecular flexibility index (Phi) is 7.24. The molecule has 0 saturated carbocycles. The van der Waals surface area contributed by atoms with Crippen molar-refractivity contribution in [2.45, 2.75) is 13.5 Å². The van der Waals surface area contributed by atoms with E-state index in [1.807, 2.05) is 42.6 Å². The molecule has 198 valence electrons.